The number of halogens is 3. The summed E-state index contributed by atoms with van der Waals surface area (Å²) in [5, 5.41) is 8.67. The molecule has 0 saturated heterocycles. The van der Waals surface area contributed by atoms with Crippen molar-refractivity contribution >= 4 is 23.5 Å². The Morgan fingerprint density at radius 2 is 1.50 bits per heavy atom. The van der Waals surface area contributed by atoms with Crippen molar-refractivity contribution in [3.63, 3.8) is 0 Å². The molecule has 0 saturated carbocycles. The Morgan fingerprint density at radius 1 is 0.812 bits per heavy atom. The fourth-order valence-corrected chi connectivity index (χ4v) is 4.38. The highest BCUT2D eigenvalue weighted by atomic mass is 19.4. The minimum atomic E-state index is -4.37. The minimum Gasteiger partial charge on any atom is -0.351 e. The van der Waals surface area contributed by atoms with Gasteiger partial charge in [-0.1, -0.05) is 30.3 Å². The topological polar surface area (TPSA) is 74.8 Å². The molecular formula is C23H23F3N6. The molecule has 0 radical (unpaired) electrons. The Hall–Kier alpha value is -3.36. The van der Waals surface area contributed by atoms with Gasteiger partial charge in [0.15, 0.2) is 0 Å². The number of hydrogen-bond acceptors (Lipinski definition) is 6. The summed E-state index contributed by atoms with van der Waals surface area (Å²) in [7, 11) is 0. The van der Waals surface area contributed by atoms with E-state index in [1.54, 1.807) is 0 Å². The SMILES string of the molecule is FC(F)(F)CNc1nc(Nc2ccc3c(c2)CCC3)nc(NC2Cc3ccccc3C2)n1. The third kappa shape index (κ3) is 4.76. The molecule has 0 fully saturated rings. The van der Waals surface area contributed by atoms with Crippen LogP contribution in [-0.4, -0.2) is 33.7 Å². The lowest BCUT2D eigenvalue weighted by atomic mass is 10.1. The Morgan fingerprint density at radius 3 is 2.25 bits per heavy atom. The number of aryl methyl sites for hydroxylation is 2. The molecule has 3 aromatic rings. The number of nitrogens with one attached hydrogen (secondary N) is 3. The molecule has 0 bridgehead atoms. The molecule has 0 atom stereocenters. The summed E-state index contributed by atoms with van der Waals surface area (Å²) in [5.74, 6) is 0.311. The van der Waals surface area contributed by atoms with Crippen LogP contribution in [0.25, 0.3) is 0 Å². The number of rotatable bonds is 6. The lowest BCUT2D eigenvalue weighted by molar-refractivity contribution is -0.115. The van der Waals surface area contributed by atoms with E-state index in [1.807, 2.05) is 18.2 Å². The van der Waals surface area contributed by atoms with E-state index in [0.29, 0.717) is 0 Å². The van der Waals surface area contributed by atoms with E-state index in [1.165, 1.54) is 22.3 Å². The quantitative estimate of drug-likeness (QED) is 0.518. The summed E-state index contributed by atoms with van der Waals surface area (Å²) >= 11 is 0. The highest BCUT2D eigenvalue weighted by Gasteiger charge is 2.28. The zero-order valence-corrected chi connectivity index (χ0v) is 17.3. The number of aromatic nitrogens is 3. The van der Waals surface area contributed by atoms with Gasteiger partial charge >= 0.3 is 6.18 Å². The second-order valence-electron chi connectivity index (χ2n) is 8.26. The predicted octanol–water partition coefficient (Wildman–Crippen LogP) is 4.66. The summed E-state index contributed by atoms with van der Waals surface area (Å²) in [6.07, 6.45) is 0.469. The normalized spacial score (nSPS) is 15.3. The van der Waals surface area contributed by atoms with Gasteiger partial charge in [-0.25, -0.2) is 0 Å². The molecule has 3 N–H and O–H groups in total. The maximum absolute atomic E-state index is 12.7. The second-order valence-corrected chi connectivity index (χ2v) is 8.26. The zero-order chi connectivity index (χ0) is 22.1. The molecule has 2 aromatic carbocycles. The Kier molecular flexibility index (Phi) is 5.32. The average molecular weight is 440 g/mol. The molecule has 5 rings (SSSR count). The zero-order valence-electron chi connectivity index (χ0n) is 17.3. The number of hydrogen-bond donors (Lipinski definition) is 3. The predicted molar refractivity (Wildman–Crippen MR) is 117 cm³/mol. The number of nitrogens with zero attached hydrogens (tertiary/aromatic N) is 3. The fourth-order valence-electron chi connectivity index (χ4n) is 4.38. The summed E-state index contributed by atoms with van der Waals surface area (Å²) < 4.78 is 38.2. The van der Waals surface area contributed by atoms with Crippen molar-refractivity contribution in [1.82, 2.24) is 15.0 Å². The van der Waals surface area contributed by atoms with Crippen LogP contribution in [0.2, 0.25) is 0 Å². The number of alkyl halides is 3. The van der Waals surface area contributed by atoms with Crippen LogP contribution >= 0.6 is 0 Å². The van der Waals surface area contributed by atoms with Crippen molar-refractivity contribution in [3.05, 3.63) is 64.7 Å². The lowest BCUT2D eigenvalue weighted by Gasteiger charge is -2.15. The molecule has 166 valence electrons. The Bertz CT molecular complexity index is 1110. The van der Waals surface area contributed by atoms with E-state index < -0.39 is 12.7 Å². The second kappa shape index (κ2) is 8.29. The first-order valence-electron chi connectivity index (χ1n) is 10.7. The third-order valence-corrected chi connectivity index (χ3v) is 5.82. The highest BCUT2D eigenvalue weighted by molar-refractivity contribution is 5.58. The van der Waals surface area contributed by atoms with E-state index in [-0.39, 0.29) is 23.9 Å². The molecule has 2 aliphatic carbocycles. The van der Waals surface area contributed by atoms with Gasteiger partial charge in [-0.05, 0) is 66.5 Å². The molecule has 1 heterocycles. The van der Waals surface area contributed by atoms with Crippen molar-refractivity contribution < 1.29 is 13.2 Å². The van der Waals surface area contributed by atoms with Crippen molar-refractivity contribution in [3.8, 4) is 0 Å². The molecule has 9 heteroatoms. The lowest BCUT2D eigenvalue weighted by Crippen LogP contribution is -2.25. The first kappa shape index (κ1) is 20.5. The van der Waals surface area contributed by atoms with E-state index >= 15 is 0 Å². The van der Waals surface area contributed by atoms with Crippen LogP contribution in [0.1, 0.15) is 28.7 Å². The van der Waals surface area contributed by atoms with Gasteiger partial charge in [0.25, 0.3) is 0 Å². The fraction of sp³-hybridized carbons (Fsp3) is 0.348. The maximum atomic E-state index is 12.7. The molecule has 32 heavy (non-hydrogen) atoms. The molecular weight excluding hydrogens is 417 g/mol. The molecule has 1 aromatic heterocycles. The molecule has 2 aliphatic rings. The molecule has 0 aliphatic heterocycles. The summed E-state index contributed by atoms with van der Waals surface area (Å²) in [5.41, 5.74) is 5.93. The van der Waals surface area contributed by atoms with Crippen LogP contribution in [0.5, 0.6) is 0 Å². The minimum absolute atomic E-state index is 0.0677. The smallest absolute Gasteiger partial charge is 0.351 e. The third-order valence-electron chi connectivity index (χ3n) is 5.82. The van der Waals surface area contributed by atoms with Crippen LogP contribution in [-0.2, 0) is 25.7 Å². The molecule has 0 amide bonds. The van der Waals surface area contributed by atoms with Gasteiger partial charge in [-0.2, -0.15) is 28.1 Å². The largest absolute Gasteiger partial charge is 0.405 e. The van der Waals surface area contributed by atoms with Gasteiger partial charge in [-0.3, -0.25) is 0 Å². The van der Waals surface area contributed by atoms with Gasteiger partial charge in [-0.15, -0.1) is 0 Å². The van der Waals surface area contributed by atoms with E-state index in [4.69, 9.17) is 0 Å². The van der Waals surface area contributed by atoms with Crippen LogP contribution in [0.4, 0.5) is 36.7 Å². The Balaban J connectivity index is 1.37. The van der Waals surface area contributed by atoms with Gasteiger partial charge in [0.05, 0.1) is 0 Å². The van der Waals surface area contributed by atoms with Gasteiger partial charge < -0.3 is 16.0 Å². The van der Waals surface area contributed by atoms with Gasteiger partial charge in [0.1, 0.15) is 6.54 Å². The average Bonchev–Trinajstić information content (AvgIpc) is 3.37. The maximum Gasteiger partial charge on any atom is 0.405 e. The van der Waals surface area contributed by atoms with E-state index in [0.717, 1.165) is 37.8 Å². The van der Waals surface area contributed by atoms with Crippen molar-refractivity contribution in [2.24, 2.45) is 0 Å². The monoisotopic (exact) mass is 440 g/mol. The summed E-state index contributed by atoms with van der Waals surface area (Å²) in [6, 6.07) is 14.3. The number of anilines is 4. The van der Waals surface area contributed by atoms with Crippen molar-refractivity contribution in [2.75, 3.05) is 22.5 Å². The molecule has 0 unspecified atom stereocenters. The van der Waals surface area contributed by atoms with Crippen LogP contribution < -0.4 is 16.0 Å². The Labute approximate surface area is 183 Å². The first-order valence-corrected chi connectivity index (χ1v) is 10.7. The standard InChI is InChI=1S/C23H23F3N6/c24-23(25,26)13-27-20-30-21(28-18-9-8-14-6-3-7-15(14)10-18)32-22(31-20)29-19-11-16-4-1-2-5-17(16)12-19/h1-2,4-5,8-10,19H,3,6-7,11-13H2,(H3,27,28,29,30,31,32). The molecule has 6 nitrogen and oxygen atoms in total. The summed E-state index contributed by atoms with van der Waals surface area (Å²) in [6.45, 7) is -1.22. The van der Waals surface area contributed by atoms with Gasteiger partial charge in [0, 0.05) is 11.7 Å². The number of benzene rings is 2. The first-order chi connectivity index (χ1) is 15.4. The van der Waals surface area contributed by atoms with Crippen molar-refractivity contribution in [2.45, 2.75) is 44.3 Å². The number of fused-ring (bicyclic) bond motifs is 2. The van der Waals surface area contributed by atoms with Crippen LogP contribution in [0, 0.1) is 0 Å². The molecule has 0 spiro atoms. The van der Waals surface area contributed by atoms with Crippen LogP contribution in [0.3, 0.4) is 0 Å². The van der Waals surface area contributed by atoms with E-state index in [9.17, 15) is 13.2 Å². The summed E-state index contributed by atoms with van der Waals surface area (Å²) in [4.78, 5) is 12.8. The van der Waals surface area contributed by atoms with Crippen molar-refractivity contribution in [1.29, 1.82) is 0 Å². The van der Waals surface area contributed by atoms with E-state index in [2.05, 4.69) is 55.2 Å². The highest BCUT2D eigenvalue weighted by Crippen LogP contribution is 2.27. The van der Waals surface area contributed by atoms with Gasteiger partial charge in [0.2, 0.25) is 17.8 Å². The van der Waals surface area contributed by atoms with Crippen LogP contribution in [0.15, 0.2) is 42.5 Å².